The third-order valence-electron chi connectivity index (χ3n) is 4.09. The van der Waals surface area contributed by atoms with Crippen LogP contribution in [0.2, 0.25) is 0 Å². The maximum absolute atomic E-state index is 12.6. The largest absolute Gasteiger partial charge is 0.336 e. The van der Waals surface area contributed by atoms with E-state index in [0.717, 1.165) is 19.3 Å². The summed E-state index contributed by atoms with van der Waals surface area (Å²) in [5, 5.41) is 14.1. The van der Waals surface area contributed by atoms with Crippen molar-refractivity contribution in [3.05, 3.63) is 28.1 Å². The number of likely N-dealkylation sites (N-methyl/N-ethyl adjacent to an activating group) is 1. The van der Waals surface area contributed by atoms with Crippen molar-refractivity contribution < 1.29 is 9.72 Å². The van der Waals surface area contributed by atoms with Crippen molar-refractivity contribution >= 4 is 11.6 Å². The zero-order chi connectivity index (χ0) is 14.3. The summed E-state index contributed by atoms with van der Waals surface area (Å²) in [7, 11) is 1.89. The minimum atomic E-state index is -0.434. The van der Waals surface area contributed by atoms with Gasteiger partial charge in [-0.25, -0.2) is 0 Å². The molecular weight excluding hydrogens is 260 g/mol. The van der Waals surface area contributed by atoms with E-state index < -0.39 is 4.92 Å². The van der Waals surface area contributed by atoms with E-state index in [-0.39, 0.29) is 17.6 Å². The Bertz CT molecular complexity index is 550. The quantitative estimate of drug-likeness (QED) is 0.662. The normalized spacial score (nSPS) is 22.2. The molecule has 1 N–H and O–H groups in total. The minimum absolute atomic E-state index is 0.00427. The lowest BCUT2D eigenvalue weighted by Crippen LogP contribution is -2.34. The summed E-state index contributed by atoms with van der Waals surface area (Å²) in [5.74, 6) is -0.0947. The summed E-state index contributed by atoms with van der Waals surface area (Å²) >= 11 is 0. The van der Waals surface area contributed by atoms with Gasteiger partial charge in [0.15, 0.2) is 0 Å². The van der Waals surface area contributed by atoms with Gasteiger partial charge in [0.1, 0.15) is 5.69 Å². The number of nitro groups is 1. The average Bonchev–Trinajstić information content (AvgIpc) is 3.02. The van der Waals surface area contributed by atoms with E-state index in [1.54, 1.807) is 9.47 Å². The Morgan fingerprint density at radius 2 is 2.20 bits per heavy atom. The van der Waals surface area contributed by atoms with E-state index in [0.29, 0.717) is 24.8 Å². The number of rotatable bonds is 4. The molecule has 1 amide bonds. The molecule has 0 aromatic carbocycles. The van der Waals surface area contributed by atoms with Crippen LogP contribution in [-0.2, 0) is 0 Å². The standard InChI is InChI=1S/C13H18N4O3/c1-14-9-4-5-15(7-9)13(18)12-6-11(17(19)20)8-16(12)10-2-3-10/h6,8-10,14H,2-5,7H2,1H3. The molecule has 1 aliphatic heterocycles. The van der Waals surface area contributed by atoms with Crippen LogP contribution in [0.5, 0.6) is 0 Å². The van der Waals surface area contributed by atoms with E-state index in [1.165, 1.54) is 12.3 Å². The Morgan fingerprint density at radius 1 is 1.45 bits per heavy atom. The molecule has 0 radical (unpaired) electrons. The van der Waals surface area contributed by atoms with Crippen molar-refractivity contribution in [1.82, 2.24) is 14.8 Å². The van der Waals surface area contributed by atoms with Crippen LogP contribution < -0.4 is 5.32 Å². The lowest BCUT2D eigenvalue weighted by atomic mass is 10.3. The monoisotopic (exact) mass is 278 g/mol. The van der Waals surface area contributed by atoms with Crippen molar-refractivity contribution in [2.45, 2.75) is 31.3 Å². The number of likely N-dealkylation sites (tertiary alicyclic amines) is 1. The zero-order valence-electron chi connectivity index (χ0n) is 11.4. The Hall–Kier alpha value is -1.89. The van der Waals surface area contributed by atoms with E-state index in [1.807, 2.05) is 7.05 Å². The highest BCUT2D eigenvalue weighted by atomic mass is 16.6. The molecule has 7 nitrogen and oxygen atoms in total. The van der Waals surface area contributed by atoms with Gasteiger partial charge in [0.2, 0.25) is 0 Å². The molecule has 1 atom stereocenters. The van der Waals surface area contributed by atoms with Crippen LogP contribution in [-0.4, -0.2) is 46.5 Å². The van der Waals surface area contributed by atoms with E-state index >= 15 is 0 Å². The molecule has 1 aliphatic carbocycles. The molecule has 1 saturated heterocycles. The maximum Gasteiger partial charge on any atom is 0.287 e. The highest BCUT2D eigenvalue weighted by Crippen LogP contribution is 2.38. The third kappa shape index (κ3) is 2.29. The number of aromatic nitrogens is 1. The molecule has 0 bridgehead atoms. The molecule has 1 saturated carbocycles. The van der Waals surface area contributed by atoms with Crippen LogP contribution in [0, 0.1) is 10.1 Å². The van der Waals surface area contributed by atoms with Crippen molar-refractivity contribution in [3.63, 3.8) is 0 Å². The number of nitrogens with one attached hydrogen (secondary N) is 1. The first-order valence-electron chi connectivity index (χ1n) is 6.93. The van der Waals surface area contributed by atoms with Gasteiger partial charge in [-0.15, -0.1) is 0 Å². The Morgan fingerprint density at radius 3 is 2.75 bits per heavy atom. The molecule has 1 aromatic heterocycles. The second-order valence-electron chi connectivity index (χ2n) is 5.50. The summed E-state index contributed by atoms with van der Waals surface area (Å²) in [6.07, 6.45) is 4.40. The molecule has 1 aromatic rings. The maximum atomic E-state index is 12.6. The fraction of sp³-hybridized carbons (Fsp3) is 0.615. The fourth-order valence-corrected chi connectivity index (χ4v) is 2.73. The number of carbonyl (C=O) groups excluding carboxylic acids is 1. The average molecular weight is 278 g/mol. The first-order valence-corrected chi connectivity index (χ1v) is 6.93. The second kappa shape index (κ2) is 4.90. The number of amides is 1. The topological polar surface area (TPSA) is 80.4 Å². The summed E-state index contributed by atoms with van der Waals surface area (Å²) in [5.41, 5.74) is 0.459. The molecule has 108 valence electrons. The van der Waals surface area contributed by atoms with Gasteiger partial charge in [0.25, 0.3) is 11.6 Å². The minimum Gasteiger partial charge on any atom is -0.336 e. The zero-order valence-corrected chi connectivity index (χ0v) is 11.4. The number of hydrogen-bond acceptors (Lipinski definition) is 4. The van der Waals surface area contributed by atoms with Gasteiger partial charge in [0.05, 0.1) is 11.1 Å². The number of carbonyl (C=O) groups is 1. The summed E-state index contributed by atoms with van der Waals surface area (Å²) in [6, 6.07) is 1.98. The molecule has 2 aliphatic rings. The van der Waals surface area contributed by atoms with Crippen molar-refractivity contribution in [2.75, 3.05) is 20.1 Å². The van der Waals surface area contributed by atoms with Gasteiger partial charge >= 0.3 is 0 Å². The SMILES string of the molecule is CNC1CCN(C(=O)c2cc([N+](=O)[O-])cn2C2CC2)C1. The van der Waals surface area contributed by atoms with Crippen LogP contribution in [0.3, 0.4) is 0 Å². The predicted molar refractivity (Wildman–Crippen MR) is 72.7 cm³/mol. The highest BCUT2D eigenvalue weighted by molar-refractivity contribution is 5.94. The molecule has 1 unspecified atom stereocenters. The smallest absolute Gasteiger partial charge is 0.287 e. The van der Waals surface area contributed by atoms with Gasteiger partial charge in [0, 0.05) is 31.2 Å². The first-order chi connectivity index (χ1) is 9.60. The molecule has 3 rings (SSSR count). The van der Waals surface area contributed by atoms with Crippen LogP contribution in [0.15, 0.2) is 12.3 Å². The number of hydrogen-bond donors (Lipinski definition) is 1. The van der Waals surface area contributed by atoms with Gasteiger partial charge < -0.3 is 14.8 Å². The van der Waals surface area contributed by atoms with Crippen LogP contribution in [0.4, 0.5) is 5.69 Å². The van der Waals surface area contributed by atoms with E-state index in [4.69, 9.17) is 0 Å². The van der Waals surface area contributed by atoms with E-state index in [9.17, 15) is 14.9 Å². The van der Waals surface area contributed by atoms with Gasteiger partial charge in [-0.3, -0.25) is 14.9 Å². The second-order valence-corrected chi connectivity index (χ2v) is 5.50. The third-order valence-corrected chi connectivity index (χ3v) is 4.09. The molecule has 7 heteroatoms. The van der Waals surface area contributed by atoms with Crippen molar-refractivity contribution in [2.24, 2.45) is 0 Å². The first kappa shape index (κ1) is 13.1. The fourth-order valence-electron chi connectivity index (χ4n) is 2.73. The molecule has 0 spiro atoms. The highest BCUT2D eigenvalue weighted by Gasteiger charge is 2.34. The van der Waals surface area contributed by atoms with Gasteiger partial charge in [-0.2, -0.15) is 0 Å². The van der Waals surface area contributed by atoms with Gasteiger partial charge in [-0.1, -0.05) is 0 Å². The molecule has 20 heavy (non-hydrogen) atoms. The lowest BCUT2D eigenvalue weighted by Gasteiger charge is -2.17. The number of nitrogens with zero attached hydrogens (tertiary/aromatic N) is 3. The van der Waals surface area contributed by atoms with Crippen LogP contribution in [0.25, 0.3) is 0 Å². The van der Waals surface area contributed by atoms with Crippen molar-refractivity contribution in [1.29, 1.82) is 0 Å². The lowest BCUT2D eigenvalue weighted by molar-refractivity contribution is -0.384. The van der Waals surface area contributed by atoms with Crippen LogP contribution >= 0.6 is 0 Å². The Balaban J connectivity index is 1.85. The molecule has 2 fully saturated rings. The van der Waals surface area contributed by atoms with Gasteiger partial charge in [-0.05, 0) is 26.3 Å². The predicted octanol–water partition coefficient (Wildman–Crippen LogP) is 1.17. The molecule has 2 heterocycles. The van der Waals surface area contributed by atoms with Crippen molar-refractivity contribution in [3.8, 4) is 0 Å². The molecular formula is C13H18N4O3. The summed E-state index contributed by atoms with van der Waals surface area (Å²) in [6.45, 7) is 1.37. The Kier molecular flexibility index (Phi) is 3.21. The van der Waals surface area contributed by atoms with E-state index in [2.05, 4.69) is 5.32 Å². The summed E-state index contributed by atoms with van der Waals surface area (Å²) < 4.78 is 1.78. The van der Waals surface area contributed by atoms with Crippen LogP contribution in [0.1, 0.15) is 35.8 Å². The Labute approximate surface area is 116 Å². The summed E-state index contributed by atoms with van der Waals surface area (Å²) in [4.78, 5) is 24.8.